The van der Waals surface area contributed by atoms with Gasteiger partial charge in [0.05, 0.1) is 5.56 Å². The highest BCUT2D eigenvalue weighted by molar-refractivity contribution is 6.05. The lowest BCUT2D eigenvalue weighted by molar-refractivity contribution is 0.0476. The number of carbonyl (C=O) groups excluding carboxylic acids is 2. The van der Waals surface area contributed by atoms with E-state index in [0.29, 0.717) is 10.9 Å². The number of hydrogen-bond acceptors (Lipinski definition) is 7. The third kappa shape index (κ3) is 3.27. The van der Waals surface area contributed by atoms with Crippen molar-refractivity contribution >= 4 is 28.5 Å². The first-order valence-corrected chi connectivity index (χ1v) is 7.70. The average Bonchev–Trinajstić information content (AvgIpc) is 2.63. The van der Waals surface area contributed by atoms with Crippen LogP contribution < -0.4 is 22.5 Å². The number of H-pyrrole nitrogens is 2. The minimum atomic E-state index is -0.974. The Balaban J connectivity index is 1.88. The predicted octanol–water partition coefficient (Wildman–Crippen LogP) is -0.463. The molecule has 0 radical (unpaired) electrons. The number of ketones is 1. The van der Waals surface area contributed by atoms with E-state index in [-0.39, 0.29) is 11.4 Å². The fraction of sp³-hybridized carbons (Fsp3) is 0.118. The van der Waals surface area contributed by atoms with Gasteiger partial charge in [0, 0.05) is 24.0 Å². The summed E-state index contributed by atoms with van der Waals surface area (Å²) in [5.74, 6) is -2.14. The fourth-order valence-electron chi connectivity index (χ4n) is 2.56. The number of nitrogens with two attached hydrogens (primary N) is 1. The van der Waals surface area contributed by atoms with Crippen molar-refractivity contribution in [3.8, 4) is 0 Å². The maximum atomic E-state index is 12.3. The van der Waals surface area contributed by atoms with Crippen LogP contribution in [0.25, 0.3) is 10.9 Å². The summed E-state index contributed by atoms with van der Waals surface area (Å²) < 4.78 is 5.84. The van der Waals surface area contributed by atoms with Crippen LogP contribution in [-0.4, -0.2) is 32.9 Å². The Bertz CT molecular complexity index is 1250. The van der Waals surface area contributed by atoms with E-state index in [2.05, 4.69) is 4.98 Å². The summed E-state index contributed by atoms with van der Waals surface area (Å²) in [5.41, 5.74) is 3.30. The SMILES string of the molecule is Cn1c(N)c(C(=O)COC(=O)c2cc(=O)[nH]c3ccccc23)c(=O)[nH]c1=O. The zero-order valence-corrected chi connectivity index (χ0v) is 14.1. The average molecular weight is 370 g/mol. The van der Waals surface area contributed by atoms with Crippen molar-refractivity contribution in [2.75, 3.05) is 12.3 Å². The highest BCUT2D eigenvalue weighted by Gasteiger charge is 2.21. The van der Waals surface area contributed by atoms with Crippen molar-refractivity contribution in [1.82, 2.24) is 14.5 Å². The molecule has 27 heavy (non-hydrogen) atoms. The van der Waals surface area contributed by atoms with Crippen molar-refractivity contribution in [1.29, 1.82) is 0 Å². The van der Waals surface area contributed by atoms with Gasteiger partial charge in [-0.15, -0.1) is 0 Å². The number of ether oxygens (including phenoxy) is 1. The molecule has 2 aromatic heterocycles. The predicted molar refractivity (Wildman–Crippen MR) is 95.9 cm³/mol. The monoisotopic (exact) mass is 370 g/mol. The zero-order valence-electron chi connectivity index (χ0n) is 14.1. The van der Waals surface area contributed by atoms with E-state index < -0.39 is 40.7 Å². The van der Waals surface area contributed by atoms with Crippen LogP contribution >= 0.6 is 0 Å². The smallest absolute Gasteiger partial charge is 0.339 e. The van der Waals surface area contributed by atoms with Gasteiger partial charge in [0.25, 0.3) is 5.56 Å². The molecule has 0 amide bonds. The molecule has 0 unspecified atom stereocenters. The summed E-state index contributed by atoms with van der Waals surface area (Å²) in [6.07, 6.45) is 0. The Kier molecular flexibility index (Phi) is 4.46. The van der Waals surface area contributed by atoms with Crippen LogP contribution in [0.2, 0.25) is 0 Å². The number of anilines is 1. The van der Waals surface area contributed by atoms with Gasteiger partial charge in [-0.25, -0.2) is 9.59 Å². The number of Topliss-reactive ketones (excluding diaryl/α,β-unsaturated/α-hetero) is 1. The molecule has 3 aromatic rings. The summed E-state index contributed by atoms with van der Waals surface area (Å²) in [6.45, 7) is -0.786. The summed E-state index contributed by atoms with van der Waals surface area (Å²) >= 11 is 0. The second kappa shape index (κ2) is 6.75. The number of nitrogen functional groups attached to an aromatic ring is 1. The molecule has 4 N–H and O–H groups in total. The highest BCUT2D eigenvalue weighted by Crippen LogP contribution is 2.15. The van der Waals surface area contributed by atoms with Crippen LogP contribution in [-0.2, 0) is 11.8 Å². The molecule has 0 aliphatic carbocycles. The van der Waals surface area contributed by atoms with Crippen LogP contribution in [0.5, 0.6) is 0 Å². The Morgan fingerprint density at radius 1 is 1.15 bits per heavy atom. The van der Waals surface area contributed by atoms with E-state index in [4.69, 9.17) is 10.5 Å². The van der Waals surface area contributed by atoms with Crippen molar-refractivity contribution in [2.45, 2.75) is 0 Å². The first-order valence-electron chi connectivity index (χ1n) is 7.70. The minimum Gasteiger partial charge on any atom is -0.454 e. The molecule has 138 valence electrons. The Morgan fingerprint density at radius 3 is 2.59 bits per heavy atom. The number of aromatic nitrogens is 3. The molecule has 0 aliphatic rings. The Labute approximate surface area is 150 Å². The van der Waals surface area contributed by atoms with Gasteiger partial charge in [-0.2, -0.15) is 0 Å². The van der Waals surface area contributed by atoms with E-state index in [1.807, 2.05) is 4.98 Å². The molecule has 10 heteroatoms. The normalized spacial score (nSPS) is 10.7. The number of para-hydroxylation sites is 1. The van der Waals surface area contributed by atoms with Gasteiger partial charge in [-0.3, -0.25) is 23.9 Å². The van der Waals surface area contributed by atoms with Gasteiger partial charge in [0.15, 0.2) is 6.61 Å². The quantitative estimate of drug-likeness (QED) is 0.414. The topological polar surface area (TPSA) is 157 Å². The lowest BCUT2D eigenvalue weighted by Crippen LogP contribution is -2.35. The molecule has 10 nitrogen and oxygen atoms in total. The van der Waals surface area contributed by atoms with Crippen molar-refractivity contribution < 1.29 is 14.3 Å². The highest BCUT2D eigenvalue weighted by atomic mass is 16.5. The summed E-state index contributed by atoms with van der Waals surface area (Å²) in [5, 5.41) is 0.439. The zero-order chi connectivity index (χ0) is 19.7. The summed E-state index contributed by atoms with van der Waals surface area (Å²) in [4.78, 5) is 64.1. The third-order valence-corrected chi connectivity index (χ3v) is 3.95. The summed E-state index contributed by atoms with van der Waals surface area (Å²) in [7, 11) is 1.28. The number of fused-ring (bicyclic) bond motifs is 1. The molecule has 0 bridgehead atoms. The Morgan fingerprint density at radius 2 is 1.85 bits per heavy atom. The van der Waals surface area contributed by atoms with E-state index in [0.717, 1.165) is 10.6 Å². The number of benzene rings is 1. The van der Waals surface area contributed by atoms with E-state index in [1.54, 1.807) is 24.3 Å². The third-order valence-electron chi connectivity index (χ3n) is 3.95. The lowest BCUT2D eigenvalue weighted by Gasteiger charge is -2.09. The number of nitrogens with one attached hydrogen (secondary N) is 2. The van der Waals surface area contributed by atoms with Gasteiger partial charge in [-0.05, 0) is 6.07 Å². The molecule has 0 saturated heterocycles. The number of carbonyl (C=O) groups is 2. The summed E-state index contributed by atoms with van der Waals surface area (Å²) in [6, 6.07) is 7.64. The first kappa shape index (κ1) is 17.9. The molecule has 0 spiro atoms. The number of rotatable bonds is 4. The number of hydrogen-bond donors (Lipinski definition) is 3. The van der Waals surface area contributed by atoms with Gasteiger partial charge in [-0.1, -0.05) is 18.2 Å². The molecule has 0 saturated carbocycles. The van der Waals surface area contributed by atoms with Crippen LogP contribution in [0.4, 0.5) is 5.82 Å². The Hall–Kier alpha value is -3.95. The maximum Gasteiger partial charge on any atom is 0.339 e. The molecular weight excluding hydrogens is 356 g/mol. The molecular formula is C17H14N4O6. The van der Waals surface area contributed by atoms with E-state index in [9.17, 15) is 24.0 Å². The second-order valence-corrected chi connectivity index (χ2v) is 5.67. The molecule has 0 fully saturated rings. The number of nitrogens with zero attached hydrogens (tertiary/aromatic N) is 1. The lowest BCUT2D eigenvalue weighted by atomic mass is 10.1. The molecule has 0 atom stereocenters. The van der Waals surface area contributed by atoms with Crippen molar-refractivity contribution in [3.05, 3.63) is 72.7 Å². The van der Waals surface area contributed by atoms with Crippen LogP contribution in [0.3, 0.4) is 0 Å². The van der Waals surface area contributed by atoms with Crippen molar-refractivity contribution in [2.24, 2.45) is 7.05 Å². The number of pyridine rings is 1. The van der Waals surface area contributed by atoms with Crippen LogP contribution in [0.1, 0.15) is 20.7 Å². The van der Waals surface area contributed by atoms with Crippen molar-refractivity contribution in [3.63, 3.8) is 0 Å². The van der Waals surface area contributed by atoms with Crippen LogP contribution in [0.15, 0.2) is 44.7 Å². The minimum absolute atomic E-state index is 0.0236. The van der Waals surface area contributed by atoms with Gasteiger partial charge in [0.2, 0.25) is 11.3 Å². The van der Waals surface area contributed by atoms with E-state index in [1.165, 1.54) is 7.05 Å². The van der Waals surface area contributed by atoms with Gasteiger partial charge >= 0.3 is 11.7 Å². The van der Waals surface area contributed by atoms with E-state index >= 15 is 0 Å². The standard InChI is InChI=1S/C17H14N4O6/c1-21-14(18)13(15(24)20-17(21)26)11(22)7-27-16(25)9-6-12(23)19-10-5-3-2-4-8(9)10/h2-6H,7,18H2,1H3,(H,19,23)(H,20,24,26). The fourth-order valence-corrected chi connectivity index (χ4v) is 2.56. The number of esters is 1. The first-order chi connectivity index (χ1) is 12.8. The largest absolute Gasteiger partial charge is 0.454 e. The second-order valence-electron chi connectivity index (χ2n) is 5.67. The molecule has 1 aromatic carbocycles. The molecule has 3 rings (SSSR count). The van der Waals surface area contributed by atoms with Gasteiger partial charge < -0.3 is 15.5 Å². The maximum absolute atomic E-state index is 12.3. The molecule has 0 aliphatic heterocycles. The number of aromatic amines is 2. The van der Waals surface area contributed by atoms with Gasteiger partial charge in [0.1, 0.15) is 11.4 Å². The molecule has 2 heterocycles. The van der Waals surface area contributed by atoms with Crippen LogP contribution in [0, 0.1) is 0 Å².